The van der Waals surface area contributed by atoms with E-state index in [9.17, 15) is 4.79 Å². The van der Waals surface area contributed by atoms with Gasteiger partial charge in [-0.25, -0.2) is 4.98 Å². The quantitative estimate of drug-likeness (QED) is 0.511. The molecule has 0 radical (unpaired) electrons. The van der Waals surface area contributed by atoms with E-state index in [4.69, 9.17) is 9.47 Å². The zero-order chi connectivity index (χ0) is 20.5. The first-order chi connectivity index (χ1) is 14.7. The number of ether oxygens (including phenoxy) is 2. The Labute approximate surface area is 177 Å². The van der Waals surface area contributed by atoms with Crippen molar-refractivity contribution in [2.75, 3.05) is 43.6 Å². The fourth-order valence-corrected chi connectivity index (χ4v) is 4.67. The van der Waals surface area contributed by atoms with E-state index in [0.29, 0.717) is 5.13 Å². The third-order valence-electron chi connectivity index (χ3n) is 5.32. The number of methoxy groups -OCH3 is 1. The molecule has 0 saturated carbocycles. The van der Waals surface area contributed by atoms with Crippen LogP contribution in [0.15, 0.2) is 42.6 Å². The van der Waals surface area contributed by atoms with E-state index in [1.54, 1.807) is 7.11 Å². The van der Waals surface area contributed by atoms with E-state index in [0.717, 1.165) is 58.7 Å². The lowest BCUT2D eigenvalue weighted by Crippen LogP contribution is -2.36. The predicted octanol–water partition coefficient (Wildman–Crippen LogP) is 3.80. The van der Waals surface area contributed by atoms with Gasteiger partial charge in [-0.2, -0.15) is 0 Å². The average Bonchev–Trinajstić information content (AvgIpc) is 3.36. The molecule has 1 amide bonds. The number of hydrogen-bond donors (Lipinski definition) is 2. The van der Waals surface area contributed by atoms with Crippen molar-refractivity contribution in [3.05, 3.63) is 48.2 Å². The molecule has 0 spiro atoms. The number of benzene rings is 2. The van der Waals surface area contributed by atoms with Crippen molar-refractivity contribution in [2.24, 2.45) is 0 Å². The highest BCUT2D eigenvalue weighted by atomic mass is 32.1. The van der Waals surface area contributed by atoms with Crippen LogP contribution in [0.3, 0.4) is 0 Å². The Morgan fingerprint density at radius 3 is 2.97 bits per heavy atom. The second kappa shape index (κ2) is 7.97. The molecule has 2 aromatic heterocycles. The van der Waals surface area contributed by atoms with Crippen molar-refractivity contribution in [1.82, 2.24) is 9.97 Å². The van der Waals surface area contributed by atoms with Crippen molar-refractivity contribution in [1.29, 1.82) is 0 Å². The summed E-state index contributed by atoms with van der Waals surface area (Å²) in [7, 11) is 1.64. The number of morpholine rings is 1. The van der Waals surface area contributed by atoms with Gasteiger partial charge in [-0.3, -0.25) is 4.79 Å². The highest BCUT2D eigenvalue weighted by Gasteiger charge is 2.15. The number of nitrogens with zero attached hydrogens (tertiary/aromatic N) is 2. The SMILES string of the molecule is COc1ccc2[nH]cc(CC(=O)Nc3nc4ccc(N5CCOCC5)cc4s3)c2c1. The maximum Gasteiger partial charge on any atom is 0.230 e. The first-order valence-electron chi connectivity index (χ1n) is 9.87. The zero-order valence-corrected chi connectivity index (χ0v) is 17.4. The van der Waals surface area contributed by atoms with Gasteiger partial charge in [-0.05, 0) is 42.0 Å². The summed E-state index contributed by atoms with van der Waals surface area (Å²) in [6.07, 6.45) is 2.14. The highest BCUT2D eigenvalue weighted by Crippen LogP contribution is 2.30. The molecule has 7 nitrogen and oxygen atoms in total. The van der Waals surface area contributed by atoms with Gasteiger partial charge in [0.2, 0.25) is 5.91 Å². The number of H-pyrrole nitrogens is 1. The van der Waals surface area contributed by atoms with Crippen LogP contribution in [0, 0.1) is 0 Å². The lowest BCUT2D eigenvalue weighted by molar-refractivity contribution is -0.115. The highest BCUT2D eigenvalue weighted by molar-refractivity contribution is 7.22. The lowest BCUT2D eigenvalue weighted by atomic mass is 10.1. The molecular formula is C22H22N4O3S. The van der Waals surface area contributed by atoms with Crippen LogP contribution in [0.5, 0.6) is 5.75 Å². The van der Waals surface area contributed by atoms with Crippen molar-refractivity contribution in [3.63, 3.8) is 0 Å². The number of thiazole rings is 1. The molecule has 4 aromatic rings. The molecule has 1 saturated heterocycles. The molecule has 1 aliphatic heterocycles. The Morgan fingerprint density at radius 1 is 1.27 bits per heavy atom. The van der Waals surface area contributed by atoms with Crippen LogP contribution in [0.25, 0.3) is 21.1 Å². The van der Waals surface area contributed by atoms with E-state index >= 15 is 0 Å². The second-order valence-electron chi connectivity index (χ2n) is 7.22. The second-order valence-corrected chi connectivity index (χ2v) is 8.25. The monoisotopic (exact) mass is 422 g/mol. The molecule has 0 aliphatic carbocycles. The van der Waals surface area contributed by atoms with Crippen molar-refractivity contribution in [3.8, 4) is 5.75 Å². The van der Waals surface area contributed by atoms with Crippen LogP contribution in [-0.2, 0) is 16.0 Å². The van der Waals surface area contributed by atoms with Gasteiger partial charge in [0.1, 0.15) is 5.75 Å². The molecule has 0 unspecified atom stereocenters. The number of amides is 1. The third-order valence-corrected chi connectivity index (χ3v) is 6.25. The molecule has 154 valence electrons. The summed E-state index contributed by atoms with van der Waals surface area (Å²) in [5, 5.41) is 4.56. The van der Waals surface area contributed by atoms with Gasteiger partial charge < -0.3 is 24.7 Å². The summed E-state index contributed by atoms with van der Waals surface area (Å²) in [6, 6.07) is 12.0. The molecular weight excluding hydrogens is 400 g/mol. The number of rotatable bonds is 5. The first-order valence-corrected chi connectivity index (χ1v) is 10.7. The minimum absolute atomic E-state index is 0.0915. The van der Waals surface area contributed by atoms with Gasteiger partial charge in [-0.1, -0.05) is 11.3 Å². The fourth-order valence-electron chi connectivity index (χ4n) is 3.75. The van der Waals surface area contributed by atoms with Gasteiger partial charge >= 0.3 is 0 Å². The Bertz CT molecular complexity index is 1210. The molecule has 0 bridgehead atoms. The molecule has 5 rings (SSSR count). The van der Waals surface area contributed by atoms with Crippen LogP contribution in [0.4, 0.5) is 10.8 Å². The zero-order valence-electron chi connectivity index (χ0n) is 16.6. The molecule has 1 aliphatic rings. The van der Waals surface area contributed by atoms with Crippen LogP contribution in [0.2, 0.25) is 0 Å². The van der Waals surface area contributed by atoms with Gasteiger partial charge in [0.05, 0.1) is 37.0 Å². The largest absolute Gasteiger partial charge is 0.497 e. The lowest BCUT2D eigenvalue weighted by Gasteiger charge is -2.28. The fraction of sp³-hybridized carbons (Fsp3) is 0.273. The minimum atomic E-state index is -0.0915. The van der Waals surface area contributed by atoms with Crippen molar-refractivity contribution in [2.45, 2.75) is 6.42 Å². The number of carbonyl (C=O) groups is 1. The molecule has 3 heterocycles. The topological polar surface area (TPSA) is 79.5 Å². The average molecular weight is 423 g/mol. The van der Waals surface area contributed by atoms with Gasteiger partial charge in [0.25, 0.3) is 0 Å². The summed E-state index contributed by atoms with van der Waals surface area (Å²) in [5.74, 6) is 0.678. The van der Waals surface area contributed by atoms with E-state index in [2.05, 4.69) is 32.3 Å². The summed E-state index contributed by atoms with van der Waals surface area (Å²) in [6.45, 7) is 3.29. The van der Waals surface area contributed by atoms with E-state index in [1.807, 2.05) is 30.5 Å². The van der Waals surface area contributed by atoms with Gasteiger partial charge in [-0.15, -0.1) is 0 Å². The normalized spacial score (nSPS) is 14.4. The van der Waals surface area contributed by atoms with Crippen LogP contribution >= 0.6 is 11.3 Å². The Hall–Kier alpha value is -3.10. The Kier molecular flexibility index (Phi) is 5.02. The molecule has 8 heteroatoms. The molecule has 1 fully saturated rings. The van der Waals surface area contributed by atoms with E-state index in [-0.39, 0.29) is 12.3 Å². The van der Waals surface area contributed by atoms with E-state index < -0.39 is 0 Å². The minimum Gasteiger partial charge on any atom is -0.497 e. The number of aromatic amines is 1. The number of carbonyl (C=O) groups excluding carboxylic acids is 1. The summed E-state index contributed by atoms with van der Waals surface area (Å²) < 4.78 is 11.8. The number of anilines is 2. The van der Waals surface area contributed by atoms with Crippen LogP contribution < -0.4 is 15.0 Å². The van der Waals surface area contributed by atoms with Gasteiger partial charge in [0.15, 0.2) is 5.13 Å². The van der Waals surface area contributed by atoms with Crippen molar-refractivity contribution >= 4 is 49.2 Å². The smallest absolute Gasteiger partial charge is 0.230 e. The van der Waals surface area contributed by atoms with E-state index in [1.165, 1.54) is 17.0 Å². The maximum atomic E-state index is 12.7. The standard InChI is InChI=1S/C22H22N4O3S/c1-28-16-3-5-18-17(12-16)14(13-23-18)10-21(27)25-22-24-19-4-2-15(11-20(19)30-22)26-6-8-29-9-7-26/h2-5,11-13,23H,6-10H2,1H3,(H,24,25,27). The number of aromatic nitrogens is 2. The maximum absolute atomic E-state index is 12.7. The number of nitrogens with one attached hydrogen (secondary N) is 2. The van der Waals surface area contributed by atoms with Crippen molar-refractivity contribution < 1.29 is 14.3 Å². The number of fused-ring (bicyclic) bond motifs is 2. The summed E-state index contributed by atoms with van der Waals surface area (Å²) in [4.78, 5) is 22.7. The van der Waals surface area contributed by atoms with Gasteiger partial charge in [0, 0.05) is 35.9 Å². The molecule has 2 N–H and O–H groups in total. The van der Waals surface area contributed by atoms with Crippen LogP contribution in [0.1, 0.15) is 5.56 Å². The summed E-state index contributed by atoms with van der Waals surface area (Å²) in [5.41, 5.74) is 3.97. The summed E-state index contributed by atoms with van der Waals surface area (Å²) >= 11 is 1.50. The Morgan fingerprint density at radius 2 is 2.13 bits per heavy atom. The molecule has 0 atom stereocenters. The third kappa shape index (κ3) is 3.71. The molecule has 30 heavy (non-hydrogen) atoms. The molecule has 2 aromatic carbocycles. The van der Waals surface area contributed by atoms with Crippen LogP contribution in [-0.4, -0.2) is 49.3 Å². The predicted molar refractivity (Wildman–Crippen MR) is 120 cm³/mol. The number of hydrogen-bond acceptors (Lipinski definition) is 6. The Balaban J connectivity index is 1.32. The first kappa shape index (κ1) is 18.9.